The van der Waals surface area contributed by atoms with Gasteiger partial charge in [-0.05, 0) is 74.4 Å². The molecule has 0 fully saturated rings. The highest BCUT2D eigenvalue weighted by Crippen LogP contribution is 2.45. The minimum Gasteiger partial charge on any atom is -0.460 e. The smallest absolute Gasteiger partial charge is 0.306 e. The van der Waals surface area contributed by atoms with Crippen LogP contribution < -0.4 is 5.32 Å². The Kier molecular flexibility index (Phi) is 4.65. The number of carbonyl (C=O) groups is 3. The number of aromatic nitrogens is 1. The summed E-state index contributed by atoms with van der Waals surface area (Å²) in [4.78, 5) is 41.7. The predicted octanol–water partition coefficient (Wildman–Crippen LogP) is 5.24. The van der Waals surface area contributed by atoms with E-state index in [0.29, 0.717) is 24.0 Å². The van der Waals surface area contributed by atoms with E-state index in [4.69, 9.17) is 4.74 Å². The van der Waals surface area contributed by atoms with Crippen molar-refractivity contribution < 1.29 is 19.1 Å². The number of amides is 2. The van der Waals surface area contributed by atoms with Crippen LogP contribution in [0.25, 0.3) is 32.9 Å². The Labute approximate surface area is 202 Å². The number of nitrogens with one attached hydrogen (secondary N) is 2. The molecule has 3 aromatic carbocycles. The number of carbonyl (C=O) groups excluding carboxylic acids is 3. The van der Waals surface area contributed by atoms with Crippen LogP contribution >= 0.6 is 0 Å². The fourth-order valence-electron chi connectivity index (χ4n) is 5.53. The van der Waals surface area contributed by atoms with Crippen LogP contribution in [0.1, 0.15) is 64.6 Å². The Morgan fingerprint density at radius 2 is 1.74 bits per heavy atom. The third-order valence-electron chi connectivity index (χ3n) is 6.87. The van der Waals surface area contributed by atoms with Crippen LogP contribution in [0.15, 0.2) is 42.5 Å². The molecule has 0 saturated heterocycles. The predicted molar refractivity (Wildman–Crippen MR) is 135 cm³/mol. The maximum absolute atomic E-state index is 13.0. The number of aromatic amines is 1. The van der Waals surface area contributed by atoms with Crippen molar-refractivity contribution in [1.29, 1.82) is 0 Å². The molecule has 2 heterocycles. The van der Waals surface area contributed by atoms with Crippen LogP contribution in [0.3, 0.4) is 0 Å². The number of benzene rings is 3. The Morgan fingerprint density at radius 1 is 0.971 bits per heavy atom. The first-order valence-corrected chi connectivity index (χ1v) is 12.0. The molecule has 0 atom stereocenters. The molecule has 2 N–H and O–H groups in total. The van der Waals surface area contributed by atoms with Crippen LogP contribution in [0, 0.1) is 0 Å². The van der Waals surface area contributed by atoms with Crippen LogP contribution in [0.5, 0.6) is 0 Å². The lowest BCUT2D eigenvalue weighted by atomic mass is 9.80. The number of ether oxygens (including phenoxy) is 1. The van der Waals surface area contributed by atoms with Gasteiger partial charge in [0.25, 0.3) is 11.8 Å². The molecule has 0 radical (unpaired) electrons. The molecule has 1 aromatic heterocycles. The number of fused-ring (bicyclic) bond motifs is 10. The summed E-state index contributed by atoms with van der Waals surface area (Å²) in [7, 11) is 0. The molecular weight excluding hydrogens is 440 g/mol. The van der Waals surface area contributed by atoms with Crippen molar-refractivity contribution in [3.05, 3.63) is 70.3 Å². The van der Waals surface area contributed by atoms with Gasteiger partial charge in [0.15, 0.2) is 0 Å². The van der Waals surface area contributed by atoms with E-state index in [-0.39, 0.29) is 24.2 Å². The van der Waals surface area contributed by atoms with Crippen molar-refractivity contribution in [3.8, 4) is 11.1 Å². The normalized spacial score (nSPS) is 14.6. The van der Waals surface area contributed by atoms with Gasteiger partial charge in [0.05, 0.1) is 16.6 Å². The molecule has 6 rings (SSSR count). The highest BCUT2D eigenvalue weighted by molar-refractivity contribution is 6.32. The summed E-state index contributed by atoms with van der Waals surface area (Å²) in [6, 6.07) is 14.3. The van der Waals surface area contributed by atoms with Crippen molar-refractivity contribution in [1.82, 2.24) is 10.3 Å². The first-order chi connectivity index (χ1) is 16.7. The van der Waals surface area contributed by atoms with Gasteiger partial charge in [-0.25, -0.2) is 0 Å². The molecule has 6 heteroatoms. The molecule has 35 heavy (non-hydrogen) atoms. The van der Waals surface area contributed by atoms with Gasteiger partial charge in [-0.2, -0.15) is 0 Å². The van der Waals surface area contributed by atoms with E-state index in [1.54, 1.807) is 0 Å². The van der Waals surface area contributed by atoms with Crippen LogP contribution in [-0.4, -0.2) is 28.4 Å². The largest absolute Gasteiger partial charge is 0.460 e. The maximum atomic E-state index is 13.0. The number of esters is 1. The number of H-pyrrole nitrogens is 1. The molecular formula is C29H26N2O4. The highest BCUT2D eigenvalue weighted by atomic mass is 16.6. The maximum Gasteiger partial charge on any atom is 0.306 e. The summed E-state index contributed by atoms with van der Waals surface area (Å²) in [6.07, 6.45) is 2.34. The molecule has 1 aliphatic heterocycles. The van der Waals surface area contributed by atoms with Gasteiger partial charge in [-0.3, -0.25) is 19.7 Å². The second-order valence-electron chi connectivity index (χ2n) is 10.4. The minimum atomic E-state index is -0.520. The fourth-order valence-corrected chi connectivity index (χ4v) is 5.53. The summed E-state index contributed by atoms with van der Waals surface area (Å²) < 4.78 is 5.45. The fraction of sp³-hybridized carbons (Fsp3) is 0.276. The van der Waals surface area contributed by atoms with E-state index in [0.717, 1.165) is 50.5 Å². The summed E-state index contributed by atoms with van der Waals surface area (Å²) in [5, 5.41) is 4.18. The zero-order chi connectivity index (χ0) is 24.5. The van der Waals surface area contributed by atoms with E-state index in [1.165, 1.54) is 5.56 Å². The van der Waals surface area contributed by atoms with E-state index >= 15 is 0 Å². The molecule has 0 saturated carbocycles. The standard InChI is InChI=1S/C29H26N2O4/c1-29(2,3)35-21(32)13-9-15-8-12-20-19(14-15)23-25-24(27(33)31-28(25)34)18-11-10-16-6-4-5-7-17(16)22(18)26(23)30-20/h4-8,12,14,30H,9-11,13H2,1-3H3,(H,31,33,34). The van der Waals surface area contributed by atoms with Gasteiger partial charge in [-0.1, -0.05) is 30.3 Å². The lowest BCUT2D eigenvalue weighted by Gasteiger charge is -2.22. The third-order valence-corrected chi connectivity index (χ3v) is 6.87. The molecule has 1 aliphatic carbocycles. The lowest BCUT2D eigenvalue weighted by molar-refractivity contribution is -0.154. The highest BCUT2D eigenvalue weighted by Gasteiger charge is 2.37. The minimum absolute atomic E-state index is 0.243. The summed E-state index contributed by atoms with van der Waals surface area (Å²) >= 11 is 0. The first-order valence-electron chi connectivity index (χ1n) is 12.0. The van der Waals surface area contributed by atoms with E-state index in [9.17, 15) is 14.4 Å². The summed E-state index contributed by atoms with van der Waals surface area (Å²) in [5.74, 6) is -0.914. The topological polar surface area (TPSA) is 88.3 Å². The Balaban J connectivity index is 1.55. The summed E-state index contributed by atoms with van der Waals surface area (Å²) in [5.41, 5.74) is 7.48. The van der Waals surface area contributed by atoms with E-state index in [1.807, 2.05) is 51.1 Å². The number of aryl methyl sites for hydroxylation is 2. The molecule has 0 unspecified atom stereocenters. The van der Waals surface area contributed by atoms with Gasteiger partial charge in [0.1, 0.15) is 5.60 Å². The van der Waals surface area contributed by atoms with Crippen molar-refractivity contribution >= 4 is 39.6 Å². The van der Waals surface area contributed by atoms with Crippen molar-refractivity contribution in [2.75, 3.05) is 0 Å². The third kappa shape index (κ3) is 3.43. The SMILES string of the molecule is CC(C)(C)OC(=O)CCc1ccc2[nH]c3c4c(c5c(c3c2c1)C(=O)NC5=O)CCc1ccccc1-4. The molecule has 176 valence electrons. The lowest BCUT2D eigenvalue weighted by Crippen LogP contribution is -2.23. The Hall–Kier alpha value is -3.93. The molecule has 0 bridgehead atoms. The number of imide groups is 1. The average molecular weight is 467 g/mol. The van der Waals surface area contributed by atoms with Gasteiger partial charge in [0, 0.05) is 28.3 Å². The van der Waals surface area contributed by atoms with Crippen molar-refractivity contribution in [3.63, 3.8) is 0 Å². The quantitative estimate of drug-likeness (QED) is 0.319. The van der Waals surface area contributed by atoms with Crippen LogP contribution in [0.2, 0.25) is 0 Å². The van der Waals surface area contributed by atoms with Gasteiger partial charge >= 0.3 is 5.97 Å². The number of hydrogen-bond acceptors (Lipinski definition) is 4. The average Bonchev–Trinajstić information content (AvgIpc) is 3.32. The number of rotatable bonds is 3. The molecule has 0 spiro atoms. The molecule has 2 aliphatic rings. The summed E-state index contributed by atoms with van der Waals surface area (Å²) in [6.45, 7) is 5.57. The number of hydrogen-bond donors (Lipinski definition) is 2. The molecule has 2 amide bonds. The Bertz CT molecular complexity index is 1590. The first kappa shape index (κ1) is 21.6. The zero-order valence-electron chi connectivity index (χ0n) is 20.0. The van der Waals surface area contributed by atoms with Crippen LogP contribution in [0.4, 0.5) is 0 Å². The van der Waals surface area contributed by atoms with Gasteiger partial charge < -0.3 is 9.72 Å². The van der Waals surface area contributed by atoms with Gasteiger partial charge in [0.2, 0.25) is 0 Å². The Morgan fingerprint density at radius 3 is 2.54 bits per heavy atom. The van der Waals surface area contributed by atoms with Gasteiger partial charge in [-0.15, -0.1) is 0 Å². The van der Waals surface area contributed by atoms with Crippen molar-refractivity contribution in [2.24, 2.45) is 0 Å². The monoisotopic (exact) mass is 466 g/mol. The van der Waals surface area contributed by atoms with E-state index < -0.39 is 5.60 Å². The molecule has 6 nitrogen and oxygen atoms in total. The van der Waals surface area contributed by atoms with Crippen molar-refractivity contribution in [2.45, 2.75) is 52.1 Å². The molecule has 4 aromatic rings. The van der Waals surface area contributed by atoms with E-state index in [2.05, 4.69) is 22.4 Å². The second kappa shape index (κ2) is 7.54. The second-order valence-corrected chi connectivity index (χ2v) is 10.4. The zero-order valence-corrected chi connectivity index (χ0v) is 20.0. The van der Waals surface area contributed by atoms with Crippen LogP contribution in [-0.2, 0) is 28.8 Å².